The van der Waals surface area contributed by atoms with Crippen molar-refractivity contribution in [2.75, 3.05) is 26.2 Å². The largest absolute Gasteiger partial charge is 0.337 e. The number of nitrogens with zero attached hydrogens (tertiary/aromatic N) is 3. The molecule has 0 radical (unpaired) electrons. The molecule has 0 unspecified atom stereocenters. The summed E-state index contributed by atoms with van der Waals surface area (Å²) in [5.74, 6) is -0.155. The lowest BCUT2D eigenvalue weighted by Crippen LogP contribution is -2.50. The number of sulfonamides is 1. The van der Waals surface area contributed by atoms with Crippen molar-refractivity contribution in [3.63, 3.8) is 0 Å². The van der Waals surface area contributed by atoms with E-state index in [1.807, 2.05) is 13.0 Å². The Morgan fingerprint density at radius 3 is 2.28 bits per heavy atom. The van der Waals surface area contributed by atoms with Gasteiger partial charge in [0, 0.05) is 32.3 Å². The topological polar surface area (TPSA) is 81.5 Å². The van der Waals surface area contributed by atoms with Gasteiger partial charge in [-0.3, -0.25) is 4.79 Å². The quantitative estimate of drug-likeness (QED) is 0.727. The highest BCUT2D eigenvalue weighted by molar-refractivity contribution is 7.89. The minimum Gasteiger partial charge on any atom is -0.337 e. The third-order valence-electron chi connectivity index (χ3n) is 4.96. The molecule has 0 aliphatic carbocycles. The van der Waals surface area contributed by atoms with Crippen LogP contribution in [0.4, 0.5) is 0 Å². The Bertz CT molecular complexity index is 1080. The number of piperazine rings is 1. The Hall–Kier alpha value is -2.95. The van der Waals surface area contributed by atoms with Crippen molar-refractivity contribution in [2.45, 2.75) is 18.7 Å². The Labute approximate surface area is 171 Å². The number of aryl methyl sites for hydroxylation is 2. The predicted molar refractivity (Wildman–Crippen MR) is 111 cm³/mol. The van der Waals surface area contributed by atoms with Crippen molar-refractivity contribution >= 4 is 22.0 Å². The van der Waals surface area contributed by atoms with Crippen LogP contribution in [0, 0.1) is 25.2 Å². The van der Waals surface area contributed by atoms with Crippen LogP contribution in [0.3, 0.4) is 0 Å². The van der Waals surface area contributed by atoms with E-state index < -0.39 is 10.0 Å². The molecule has 7 heteroatoms. The summed E-state index contributed by atoms with van der Waals surface area (Å²) in [5.41, 5.74) is 3.14. The Balaban J connectivity index is 1.62. The van der Waals surface area contributed by atoms with Gasteiger partial charge < -0.3 is 4.90 Å². The first-order valence-electron chi connectivity index (χ1n) is 9.36. The van der Waals surface area contributed by atoms with Crippen LogP contribution in [0.25, 0.3) is 6.08 Å². The van der Waals surface area contributed by atoms with E-state index >= 15 is 0 Å². The van der Waals surface area contributed by atoms with Gasteiger partial charge in [0.25, 0.3) is 0 Å². The summed E-state index contributed by atoms with van der Waals surface area (Å²) in [4.78, 5) is 14.4. The van der Waals surface area contributed by atoms with E-state index in [9.17, 15) is 13.2 Å². The lowest BCUT2D eigenvalue weighted by molar-refractivity contribution is -0.127. The van der Waals surface area contributed by atoms with Crippen molar-refractivity contribution in [2.24, 2.45) is 0 Å². The third-order valence-corrected chi connectivity index (χ3v) is 7.02. The lowest BCUT2D eigenvalue weighted by Gasteiger charge is -2.33. The van der Waals surface area contributed by atoms with Gasteiger partial charge in [-0.25, -0.2) is 8.42 Å². The molecule has 1 fully saturated rings. The summed E-state index contributed by atoms with van der Waals surface area (Å²) in [6, 6.07) is 14.3. The van der Waals surface area contributed by atoms with Crippen LogP contribution in [0.1, 0.15) is 22.3 Å². The summed E-state index contributed by atoms with van der Waals surface area (Å²) in [6.45, 7) is 4.96. The highest BCUT2D eigenvalue weighted by Crippen LogP contribution is 2.22. The minimum absolute atomic E-state index is 0.155. The third kappa shape index (κ3) is 4.73. The van der Waals surface area contributed by atoms with Gasteiger partial charge in [0.1, 0.15) is 0 Å². The first-order valence-corrected chi connectivity index (χ1v) is 10.8. The van der Waals surface area contributed by atoms with E-state index in [0.717, 1.165) is 16.7 Å². The Morgan fingerprint density at radius 1 is 1.03 bits per heavy atom. The summed E-state index contributed by atoms with van der Waals surface area (Å²) >= 11 is 0. The van der Waals surface area contributed by atoms with Crippen LogP contribution in [0.2, 0.25) is 0 Å². The molecule has 1 aliphatic rings. The van der Waals surface area contributed by atoms with Gasteiger partial charge in [0.2, 0.25) is 15.9 Å². The molecule has 0 N–H and O–H groups in total. The zero-order chi connectivity index (χ0) is 21.0. The molecule has 1 saturated heterocycles. The van der Waals surface area contributed by atoms with E-state index in [0.29, 0.717) is 23.5 Å². The minimum atomic E-state index is -3.57. The molecule has 0 atom stereocenters. The maximum atomic E-state index is 12.9. The zero-order valence-corrected chi connectivity index (χ0v) is 17.3. The van der Waals surface area contributed by atoms with Gasteiger partial charge in [-0.1, -0.05) is 29.8 Å². The normalized spacial score (nSPS) is 15.4. The molecule has 0 saturated carbocycles. The van der Waals surface area contributed by atoms with Gasteiger partial charge in [-0.2, -0.15) is 9.57 Å². The van der Waals surface area contributed by atoms with Gasteiger partial charge in [-0.15, -0.1) is 0 Å². The monoisotopic (exact) mass is 409 g/mol. The standard InChI is InChI=1S/C22H23N3O3S/c1-17-3-9-21(18(2)15-17)29(27,28)25-13-11-24(12-14-25)22(26)10-8-19-4-6-20(16-23)7-5-19/h3-10,15H,11-14H2,1-2H3/b10-8+. The SMILES string of the molecule is Cc1ccc(S(=O)(=O)N2CCN(C(=O)/C=C/c3ccc(C#N)cc3)CC2)c(C)c1. The van der Waals surface area contributed by atoms with E-state index in [1.54, 1.807) is 54.3 Å². The second-order valence-corrected chi connectivity index (χ2v) is 8.97. The average Bonchev–Trinajstić information content (AvgIpc) is 2.72. The van der Waals surface area contributed by atoms with Gasteiger partial charge in [0.15, 0.2) is 0 Å². The average molecular weight is 410 g/mol. The number of amides is 1. The number of hydrogen-bond acceptors (Lipinski definition) is 4. The second kappa shape index (κ2) is 8.60. The molecule has 0 aromatic heterocycles. The maximum Gasteiger partial charge on any atom is 0.246 e. The van der Waals surface area contributed by atoms with Gasteiger partial charge in [0.05, 0.1) is 16.5 Å². The number of benzene rings is 2. The number of hydrogen-bond donors (Lipinski definition) is 0. The Morgan fingerprint density at radius 2 is 1.69 bits per heavy atom. The molecule has 150 valence electrons. The van der Waals surface area contributed by atoms with E-state index in [2.05, 4.69) is 6.07 Å². The van der Waals surface area contributed by atoms with Crippen LogP contribution in [-0.2, 0) is 14.8 Å². The lowest BCUT2D eigenvalue weighted by atomic mass is 10.1. The highest BCUT2D eigenvalue weighted by atomic mass is 32.2. The fourth-order valence-corrected chi connectivity index (χ4v) is 4.95. The van der Waals surface area contributed by atoms with Crippen LogP contribution in [0.15, 0.2) is 53.4 Å². The molecule has 1 amide bonds. The van der Waals surface area contributed by atoms with Crippen LogP contribution in [0.5, 0.6) is 0 Å². The zero-order valence-electron chi connectivity index (χ0n) is 16.5. The predicted octanol–water partition coefficient (Wildman–Crippen LogP) is 2.72. The van der Waals surface area contributed by atoms with Crippen LogP contribution >= 0.6 is 0 Å². The summed E-state index contributed by atoms with van der Waals surface area (Å²) in [6.07, 6.45) is 3.18. The summed E-state index contributed by atoms with van der Waals surface area (Å²) < 4.78 is 27.3. The first-order chi connectivity index (χ1) is 13.8. The number of carbonyl (C=O) groups excluding carboxylic acids is 1. The first kappa shape index (κ1) is 20.8. The van der Waals surface area contributed by atoms with Crippen molar-refractivity contribution < 1.29 is 13.2 Å². The van der Waals surface area contributed by atoms with E-state index in [4.69, 9.17) is 5.26 Å². The molecule has 3 rings (SSSR count). The molecule has 29 heavy (non-hydrogen) atoms. The fourth-order valence-electron chi connectivity index (χ4n) is 3.32. The number of nitriles is 1. The molecular formula is C22H23N3O3S. The summed E-state index contributed by atoms with van der Waals surface area (Å²) in [5, 5.41) is 8.82. The molecule has 0 bridgehead atoms. The van der Waals surface area contributed by atoms with Crippen LogP contribution < -0.4 is 0 Å². The molecular weight excluding hydrogens is 386 g/mol. The maximum absolute atomic E-state index is 12.9. The molecule has 2 aromatic carbocycles. The number of carbonyl (C=O) groups is 1. The fraction of sp³-hybridized carbons (Fsp3) is 0.273. The van der Waals surface area contributed by atoms with Gasteiger partial charge in [-0.05, 0) is 49.2 Å². The highest BCUT2D eigenvalue weighted by Gasteiger charge is 2.30. The smallest absolute Gasteiger partial charge is 0.246 e. The van der Waals surface area contributed by atoms with Crippen molar-refractivity contribution in [3.8, 4) is 6.07 Å². The van der Waals surface area contributed by atoms with E-state index in [1.165, 1.54) is 10.4 Å². The van der Waals surface area contributed by atoms with Crippen molar-refractivity contribution in [3.05, 3.63) is 70.8 Å². The molecule has 0 spiro atoms. The van der Waals surface area contributed by atoms with Crippen molar-refractivity contribution in [1.82, 2.24) is 9.21 Å². The van der Waals surface area contributed by atoms with Crippen molar-refractivity contribution in [1.29, 1.82) is 5.26 Å². The molecule has 1 aliphatic heterocycles. The van der Waals surface area contributed by atoms with E-state index in [-0.39, 0.29) is 19.0 Å². The van der Waals surface area contributed by atoms with Gasteiger partial charge >= 0.3 is 0 Å². The summed E-state index contributed by atoms with van der Waals surface area (Å²) in [7, 11) is -3.57. The molecule has 2 aromatic rings. The molecule has 1 heterocycles. The van der Waals surface area contributed by atoms with Crippen LogP contribution in [-0.4, -0.2) is 49.7 Å². The number of rotatable bonds is 4. The Kier molecular flexibility index (Phi) is 6.16. The second-order valence-electron chi connectivity index (χ2n) is 7.07. The molecule has 6 nitrogen and oxygen atoms in total.